The largest absolute Gasteiger partial charge is 0.387 e. The first-order valence-corrected chi connectivity index (χ1v) is 9.91. The quantitative estimate of drug-likeness (QED) is 0.837. The fraction of sp³-hybridized carbons (Fsp3) is 0.316. The molecular weight excluding hydrogens is 357 g/mol. The monoisotopic (exact) mass is 377 g/mol. The molecule has 0 bridgehead atoms. The van der Waals surface area contributed by atoms with Crippen LogP contribution in [0.4, 0.5) is 4.39 Å². The number of hydrogen-bond donors (Lipinski definition) is 2. The minimum absolute atomic E-state index is 0.0694. The zero-order chi connectivity index (χ0) is 18.7. The molecule has 0 saturated carbocycles. The third kappa shape index (κ3) is 3.78. The Kier molecular flexibility index (Phi) is 5.38. The number of halogens is 1. The van der Waals surface area contributed by atoms with Crippen LogP contribution in [0.1, 0.15) is 29.9 Å². The Balaban J connectivity index is 1.90. The summed E-state index contributed by atoms with van der Waals surface area (Å²) in [6.07, 6.45) is 2.52. The van der Waals surface area contributed by atoms with Gasteiger partial charge < -0.3 is 10.4 Å². The zero-order valence-corrected chi connectivity index (χ0v) is 14.9. The van der Waals surface area contributed by atoms with Crippen LogP contribution in [0.15, 0.2) is 52.3 Å². The third-order valence-corrected chi connectivity index (χ3v) is 6.41. The van der Waals surface area contributed by atoms with E-state index in [1.54, 1.807) is 12.1 Å². The molecular formula is C19H20FNO4S. The van der Waals surface area contributed by atoms with Crippen LogP contribution in [-0.2, 0) is 21.1 Å². The van der Waals surface area contributed by atoms with Gasteiger partial charge in [0.1, 0.15) is 12.4 Å². The lowest BCUT2D eigenvalue weighted by Gasteiger charge is -2.26. The Bertz CT molecular complexity index is 927. The van der Waals surface area contributed by atoms with Crippen LogP contribution in [-0.4, -0.2) is 32.6 Å². The lowest BCUT2D eigenvalue weighted by atomic mass is 9.83. The summed E-state index contributed by atoms with van der Waals surface area (Å²) < 4.78 is 38.9. The summed E-state index contributed by atoms with van der Waals surface area (Å²) in [6.45, 7) is -0.146. The van der Waals surface area contributed by atoms with Crippen LogP contribution in [0.3, 0.4) is 0 Å². The van der Waals surface area contributed by atoms with Gasteiger partial charge in [0.25, 0.3) is 0 Å². The molecule has 0 spiro atoms. The summed E-state index contributed by atoms with van der Waals surface area (Å²) in [5.74, 6) is -0.939. The van der Waals surface area contributed by atoms with Gasteiger partial charge in [-0.15, -0.1) is 0 Å². The highest BCUT2D eigenvalue weighted by molar-refractivity contribution is 7.91. The van der Waals surface area contributed by atoms with E-state index in [1.807, 2.05) is 0 Å². The predicted octanol–water partition coefficient (Wildman–Crippen LogP) is 2.19. The molecule has 0 aliphatic heterocycles. The van der Waals surface area contributed by atoms with Crippen molar-refractivity contribution in [1.82, 2.24) is 5.32 Å². The maximum absolute atomic E-state index is 13.4. The molecule has 2 N–H and O–H groups in total. The molecule has 2 aromatic carbocycles. The van der Waals surface area contributed by atoms with Gasteiger partial charge in [-0.25, -0.2) is 12.8 Å². The number of amides is 1. The number of carbonyl (C=O) groups is 1. The highest BCUT2D eigenvalue weighted by Gasteiger charge is 2.24. The van der Waals surface area contributed by atoms with Gasteiger partial charge in [-0.3, -0.25) is 4.79 Å². The smallest absolute Gasteiger partial charge is 0.245 e. The SMILES string of the molecule is O=C(CO)NC[C@@H]1CCCc2cc(S(=O)(=O)c3cccc(F)c3)ccc21. The van der Waals surface area contributed by atoms with E-state index in [0.29, 0.717) is 6.54 Å². The summed E-state index contributed by atoms with van der Waals surface area (Å²) in [5, 5.41) is 11.5. The lowest BCUT2D eigenvalue weighted by molar-refractivity contribution is -0.123. The Hall–Kier alpha value is -2.25. The van der Waals surface area contributed by atoms with Gasteiger partial charge in [0.15, 0.2) is 0 Å². The van der Waals surface area contributed by atoms with Crippen LogP contribution < -0.4 is 5.32 Å². The van der Waals surface area contributed by atoms with Crippen LogP contribution in [0, 0.1) is 5.82 Å². The first-order chi connectivity index (χ1) is 12.4. The first-order valence-electron chi connectivity index (χ1n) is 8.43. The normalized spacial score (nSPS) is 16.8. The van der Waals surface area contributed by atoms with Crippen LogP contribution in [0.2, 0.25) is 0 Å². The number of sulfone groups is 1. The third-order valence-electron chi connectivity index (χ3n) is 4.66. The number of nitrogens with one attached hydrogen (secondary N) is 1. The van der Waals surface area contributed by atoms with E-state index in [2.05, 4.69) is 5.32 Å². The van der Waals surface area contributed by atoms with Crippen molar-refractivity contribution in [2.24, 2.45) is 0 Å². The summed E-state index contributed by atoms with van der Waals surface area (Å²) in [4.78, 5) is 11.3. The van der Waals surface area contributed by atoms with Crippen LogP contribution in [0.5, 0.6) is 0 Å². The van der Waals surface area contributed by atoms with Crippen molar-refractivity contribution in [3.8, 4) is 0 Å². The fourth-order valence-electron chi connectivity index (χ4n) is 3.33. The summed E-state index contributed by atoms with van der Waals surface area (Å²) >= 11 is 0. The van der Waals surface area contributed by atoms with E-state index in [-0.39, 0.29) is 15.7 Å². The van der Waals surface area contributed by atoms with Gasteiger partial charge >= 0.3 is 0 Å². The zero-order valence-electron chi connectivity index (χ0n) is 14.1. The highest BCUT2D eigenvalue weighted by atomic mass is 32.2. The first kappa shape index (κ1) is 18.5. The second-order valence-corrected chi connectivity index (χ2v) is 8.32. The van der Waals surface area contributed by atoms with Crippen molar-refractivity contribution >= 4 is 15.7 Å². The van der Waals surface area contributed by atoms with Crippen molar-refractivity contribution in [3.05, 3.63) is 59.4 Å². The van der Waals surface area contributed by atoms with Crippen molar-refractivity contribution in [1.29, 1.82) is 0 Å². The van der Waals surface area contributed by atoms with E-state index in [4.69, 9.17) is 5.11 Å². The van der Waals surface area contributed by atoms with E-state index < -0.39 is 28.2 Å². The molecule has 2 aromatic rings. The molecule has 0 fully saturated rings. The van der Waals surface area contributed by atoms with Crippen molar-refractivity contribution in [2.45, 2.75) is 35.0 Å². The van der Waals surface area contributed by atoms with Gasteiger partial charge in [-0.05, 0) is 60.7 Å². The molecule has 7 heteroatoms. The second kappa shape index (κ2) is 7.55. The summed E-state index contributed by atoms with van der Waals surface area (Å²) in [5.41, 5.74) is 1.93. The molecule has 0 radical (unpaired) electrons. The summed E-state index contributed by atoms with van der Waals surface area (Å²) in [7, 11) is -3.78. The average molecular weight is 377 g/mol. The summed E-state index contributed by atoms with van der Waals surface area (Å²) in [6, 6.07) is 9.93. The van der Waals surface area contributed by atoms with Gasteiger partial charge in [-0.2, -0.15) is 0 Å². The average Bonchev–Trinajstić information content (AvgIpc) is 2.65. The minimum Gasteiger partial charge on any atom is -0.387 e. The molecule has 1 atom stereocenters. The molecule has 0 heterocycles. The molecule has 1 amide bonds. The van der Waals surface area contributed by atoms with Crippen molar-refractivity contribution in [2.75, 3.05) is 13.2 Å². The van der Waals surface area contributed by atoms with Crippen LogP contribution in [0.25, 0.3) is 0 Å². The molecule has 0 unspecified atom stereocenters. The number of hydrogen-bond acceptors (Lipinski definition) is 4. The number of fused-ring (bicyclic) bond motifs is 1. The standard InChI is InChI=1S/C19H20FNO4S/c20-15-5-2-6-16(10-15)26(24,25)17-7-8-18-13(9-17)3-1-4-14(18)11-21-19(23)12-22/h2,5-10,14,22H,1,3-4,11-12H2,(H,21,23)/t14-/m0/s1. The number of aliphatic hydroxyl groups is 1. The maximum Gasteiger partial charge on any atom is 0.245 e. The van der Waals surface area contributed by atoms with Gasteiger partial charge in [0, 0.05) is 12.5 Å². The molecule has 138 valence electrons. The topological polar surface area (TPSA) is 83.5 Å². The number of rotatable bonds is 5. The van der Waals surface area contributed by atoms with Crippen molar-refractivity contribution in [3.63, 3.8) is 0 Å². The van der Waals surface area contributed by atoms with E-state index >= 15 is 0 Å². The van der Waals surface area contributed by atoms with E-state index in [9.17, 15) is 17.6 Å². The number of aryl methyl sites for hydroxylation is 1. The van der Waals surface area contributed by atoms with Crippen LogP contribution >= 0.6 is 0 Å². The molecule has 0 aromatic heterocycles. The maximum atomic E-state index is 13.4. The van der Waals surface area contributed by atoms with E-state index in [0.717, 1.165) is 36.5 Å². The Morgan fingerprint density at radius 3 is 2.69 bits per heavy atom. The predicted molar refractivity (Wildman–Crippen MR) is 94.1 cm³/mol. The Morgan fingerprint density at radius 1 is 1.19 bits per heavy atom. The molecule has 26 heavy (non-hydrogen) atoms. The second-order valence-electron chi connectivity index (χ2n) is 6.37. The van der Waals surface area contributed by atoms with E-state index in [1.165, 1.54) is 24.3 Å². The Labute approximate surface area is 151 Å². The minimum atomic E-state index is -3.78. The highest BCUT2D eigenvalue weighted by Crippen LogP contribution is 2.34. The number of carbonyl (C=O) groups excluding carboxylic acids is 1. The molecule has 1 aliphatic carbocycles. The van der Waals surface area contributed by atoms with Crippen molar-refractivity contribution < 1.29 is 22.7 Å². The molecule has 5 nitrogen and oxygen atoms in total. The molecule has 0 saturated heterocycles. The number of benzene rings is 2. The Morgan fingerprint density at radius 2 is 1.96 bits per heavy atom. The van der Waals surface area contributed by atoms with Gasteiger partial charge in [0.2, 0.25) is 15.7 Å². The lowest BCUT2D eigenvalue weighted by Crippen LogP contribution is -2.31. The fourth-order valence-corrected chi connectivity index (χ4v) is 4.68. The molecule has 3 rings (SSSR count). The van der Waals surface area contributed by atoms with Gasteiger partial charge in [0.05, 0.1) is 9.79 Å². The molecule has 1 aliphatic rings. The number of aliphatic hydroxyl groups excluding tert-OH is 1. The van der Waals surface area contributed by atoms with Gasteiger partial charge in [-0.1, -0.05) is 12.1 Å².